The topological polar surface area (TPSA) is 99.5 Å². The molecule has 6 heteroatoms. The molecule has 0 saturated carbocycles. The number of aryl methyl sites for hydroxylation is 1. The van der Waals surface area contributed by atoms with Gasteiger partial charge in [0.05, 0.1) is 5.56 Å². The summed E-state index contributed by atoms with van der Waals surface area (Å²) in [5.41, 5.74) is -0.697. The largest absolute Gasteiger partial charge is 0.508 e. The molecule has 0 aliphatic rings. The number of hydrogen-bond donors (Lipinski definition) is 3. The van der Waals surface area contributed by atoms with Gasteiger partial charge in [0, 0.05) is 18.0 Å². The molecule has 1 aromatic carbocycles. The normalized spacial score (nSPS) is 13.2. The van der Waals surface area contributed by atoms with Gasteiger partial charge in [-0.2, -0.15) is 0 Å². The van der Waals surface area contributed by atoms with Crippen LogP contribution >= 0.6 is 0 Å². The highest BCUT2D eigenvalue weighted by Gasteiger charge is 2.37. The molecule has 1 heterocycles. The molecule has 1 radical (unpaired) electrons. The van der Waals surface area contributed by atoms with Gasteiger partial charge in [0.1, 0.15) is 11.5 Å². The van der Waals surface area contributed by atoms with Gasteiger partial charge in [-0.15, -0.1) is 0 Å². The van der Waals surface area contributed by atoms with E-state index in [1.165, 1.54) is 36.5 Å². The quantitative estimate of drug-likeness (QED) is 0.709. The van der Waals surface area contributed by atoms with Crippen molar-refractivity contribution in [3.63, 3.8) is 0 Å². The summed E-state index contributed by atoms with van der Waals surface area (Å²) in [6, 6.07) is 7.03. The number of aromatic nitrogens is 1. The summed E-state index contributed by atoms with van der Waals surface area (Å²) in [7, 11) is 0. The van der Waals surface area contributed by atoms with Crippen LogP contribution in [0.2, 0.25) is 0 Å². The molecule has 0 aliphatic heterocycles. The average Bonchev–Trinajstić information content (AvgIpc) is 2.46. The highest BCUT2D eigenvalue weighted by atomic mass is 16.3. The lowest BCUT2D eigenvalue weighted by molar-refractivity contribution is -0.110. The Bertz CT molecular complexity index is 670. The first kappa shape index (κ1) is 14.5. The summed E-state index contributed by atoms with van der Waals surface area (Å²) in [6.45, 7) is 1.68. The Balaban J connectivity index is 2.68. The van der Waals surface area contributed by atoms with E-state index in [-0.39, 0.29) is 17.1 Å². The number of phenols is 1. The molecule has 2 aromatic rings. The predicted octanol–water partition coefficient (Wildman–Crippen LogP) is 0.901. The van der Waals surface area contributed by atoms with Gasteiger partial charge in [-0.05, 0) is 24.6 Å². The Morgan fingerprint density at radius 3 is 2.48 bits per heavy atom. The third-order valence-electron chi connectivity index (χ3n) is 3.15. The average molecular weight is 285 g/mol. The number of carbonyl (C=O) groups is 1. The zero-order valence-corrected chi connectivity index (χ0v) is 11.2. The zero-order chi connectivity index (χ0) is 15.5. The van der Waals surface area contributed by atoms with Gasteiger partial charge in [-0.3, -0.25) is 14.6 Å². The Morgan fingerprint density at radius 2 is 1.95 bits per heavy atom. The second-order valence-electron chi connectivity index (χ2n) is 4.50. The molecule has 107 valence electrons. The van der Waals surface area contributed by atoms with Gasteiger partial charge < -0.3 is 15.5 Å². The highest BCUT2D eigenvalue weighted by molar-refractivity contribution is 5.79. The molecule has 0 saturated heterocycles. The van der Waals surface area contributed by atoms with Crippen LogP contribution in [0.5, 0.6) is 11.5 Å². The van der Waals surface area contributed by atoms with Crippen molar-refractivity contribution < 1.29 is 19.8 Å². The molecule has 0 bridgehead atoms. The number of carbonyl (C=O) groups excluding carboxylic acids is 2. The Labute approximate surface area is 121 Å². The lowest BCUT2D eigenvalue weighted by atomic mass is 9.84. The maximum atomic E-state index is 11.6. The minimum absolute atomic E-state index is 0.0101. The van der Waals surface area contributed by atoms with E-state index in [2.05, 4.69) is 10.3 Å². The molecule has 1 amide bonds. The summed E-state index contributed by atoms with van der Waals surface area (Å²) in [5.74, 6) is -0.177. The molecule has 2 rings (SSSR count). The SMILES string of the molecule is Cc1cc(O)c(C([C]=O)(NC=O)c2ccc(O)cc2)cn1. The van der Waals surface area contributed by atoms with Crippen molar-refractivity contribution in [3.8, 4) is 11.5 Å². The van der Waals surface area contributed by atoms with E-state index in [0.29, 0.717) is 17.7 Å². The maximum Gasteiger partial charge on any atom is 0.236 e. The fraction of sp³-hybridized carbons (Fsp3) is 0.133. The van der Waals surface area contributed by atoms with Crippen LogP contribution in [0.1, 0.15) is 16.8 Å². The molecule has 1 atom stereocenters. The second kappa shape index (κ2) is 5.62. The first-order chi connectivity index (χ1) is 10.0. The van der Waals surface area contributed by atoms with E-state index >= 15 is 0 Å². The van der Waals surface area contributed by atoms with Crippen molar-refractivity contribution >= 4 is 12.7 Å². The molecule has 0 aliphatic carbocycles. The van der Waals surface area contributed by atoms with Gasteiger partial charge >= 0.3 is 0 Å². The van der Waals surface area contributed by atoms with E-state index < -0.39 is 5.54 Å². The first-order valence-electron chi connectivity index (χ1n) is 6.09. The van der Waals surface area contributed by atoms with Gasteiger partial charge in [0.15, 0.2) is 5.54 Å². The number of benzene rings is 1. The van der Waals surface area contributed by atoms with Crippen molar-refractivity contribution in [1.82, 2.24) is 10.3 Å². The summed E-state index contributed by atoms with van der Waals surface area (Å²) in [6.07, 6.45) is 3.40. The number of hydrogen-bond acceptors (Lipinski definition) is 5. The molecule has 3 N–H and O–H groups in total. The number of rotatable bonds is 5. The monoisotopic (exact) mass is 285 g/mol. The number of amides is 1. The van der Waals surface area contributed by atoms with Crippen LogP contribution in [0.15, 0.2) is 36.5 Å². The molecular formula is C15H13N2O4. The number of pyridine rings is 1. The van der Waals surface area contributed by atoms with Gasteiger partial charge in [0.2, 0.25) is 12.7 Å². The van der Waals surface area contributed by atoms with Crippen LogP contribution in [-0.4, -0.2) is 27.9 Å². The molecule has 1 aromatic heterocycles. The second-order valence-corrected chi connectivity index (χ2v) is 4.50. The molecule has 0 fully saturated rings. The van der Waals surface area contributed by atoms with Crippen molar-refractivity contribution in [2.24, 2.45) is 0 Å². The molecule has 21 heavy (non-hydrogen) atoms. The highest BCUT2D eigenvalue weighted by Crippen LogP contribution is 2.34. The third kappa shape index (κ3) is 2.55. The van der Waals surface area contributed by atoms with Gasteiger partial charge in [-0.1, -0.05) is 12.1 Å². The molecule has 1 unspecified atom stereocenters. The van der Waals surface area contributed by atoms with Crippen LogP contribution < -0.4 is 5.32 Å². The van der Waals surface area contributed by atoms with Crippen LogP contribution in [-0.2, 0) is 15.1 Å². The van der Waals surface area contributed by atoms with Crippen molar-refractivity contribution in [1.29, 1.82) is 0 Å². The Hall–Kier alpha value is -2.89. The van der Waals surface area contributed by atoms with Crippen LogP contribution in [0.25, 0.3) is 0 Å². The summed E-state index contributed by atoms with van der Waals surface area (Å²) < 4.78 is 0. The number of nitrogens with one attached hydrogen (secondary N) is 1. The molecular weight excluding hydrogens is 272 g/mol. The predicted molar refractivity (Wildman–Crippen MR) is 74.4 cm³/mol. The van der Waals surface area contributed by atoms with Crippen molar-refractivity contribution in [3.05, 3.63) is 53.3 Å². The van der Waals surface area contributed by atoms with Crippen LogP contribution in [0, 0.1) is 6.92 Å². The third-order valence-corrected chi connectivity index (χ3v) is 3.15. The number of nitrogens with zero attached hydrogens (tertiary/aromatic N) is 1. The summed E-state index contributed by atoms with van der Waals surface area (Å²) in [5, 5.41) is 21.8. The van der Waals surface area contributed by atoms with E-state index in [4.69, 9.17) is 0 Å². The maximum absolute atomic E-state index is 11.6. The zero-order valence-electron chi connectivity index (χ0n) is 11.2. The van der Waals surface area contributed by atoms with E-state index in [9.17, 15) is 19.8 Å². The Morgan fingerprint density at radius 1 is 1.29 bits per heavy atom. The minimum Gasteiger partial charge on any atom is -0.508 e. The van der Waals surface area contributed by atoms with Crippen molar-refractivity contribution in [2.45, 2.75) is 12.5 Å². The standard InChI is InChI=1S/C15H13N2O4/c1-10-6-14(21)13(7-16-10)15(8-18,17-9-19)11-2-4-12(20)5-3-11/h2-7,9,20H,1H3,(H,16,21)(H,17,19). The fourth-order valence-electron chi connectivity index (χ4n) is 2.09. The van der Waals surface area contributed by atoms with Crippen LogP contribution in [0.3, 0.4) is 0 Å². The van der Waals surface area contributed by atoms with E-state index in [1.807, 2.05) is 0 Å². The smallest absolute Gasteiger partial charge is 0.236 e. The summed E-state index contributed by atoms with van der Waals surface area (Å²) in [4.78, 5) is 26.6. The molecule has 0 spiro atoms. The Kier molecular flexibility index (Phi) is 3.89. The first-order valence-corrected chi connectivity index (χ1v) is 6.09. The lowest BCUT2D eigenvalue weighted by Gasteiger charge is -2.28. The van der Waals surface area contributed by atoms with Gasteiger partial charge in [0.25, 0.3) is 0 Å². The fourth-order valence-corrected chi connectivity index (χ4v) is 2.09. The minimum atomic E-state index is -1.69. The van der Waals surface area contributed by atoms with E-state index in [0.717, 1.165) is 0 Å². The molecule has 6 nitrogen and oxygen atoms in total. The number of phenolic OH excluding ortho intramolecular Hbond substituents is 1. The van der Waals surface area contributed by atoms with E-state index in [1.54, 1.807) is 13.2 Å². The number of aromatic hydroxyl groups is 2. The van der Waals surface area contributed by atoms with Crippen LogP contribution in [0.4, 0.5) is 0 Å². The van der Waals surface area contributed by atoms with Gasteiger partial charge in [-0.25, -0.2) is 0 Å². The lowest BCUT2D eigenvalue weighted by Crippen LogP contribution is -2.44. The summed E-state index contributed by atoms with van der Waals surface area (Å²) >= 11 is 0. The van der Waals surface area contributed by atoms with Crippen molar-refractivity contribution in [2.75, 3.05) is 0 Å².